The minimum atomic E-state index is -4.26. The fourth-order valence-corrected chi connectivity index (χ4v) is 3.56. The number of nitrogens with zero attached hydrogens (tertiary/aromatic N) is 1. The van der Waals surface area contributed by atoms with Crippen molar-refractivity contribution in [2.24, 2.45) is 5.92 Å². The first kappa shape index (κ1) is 14.9. The van der Waals surface area contributed by atoms with Crippen LogP contribution in [0.25, 0.3) is 0 Å². The minimum absolute atomic E-state index is 0.166. The number of benzene rings is 1. The standard InChI is InChI=1S/C16H21F3N2/c1-11(12-4-6-14(7-5-12)16(17,18)19)21-9-13-3-2-8-20-15(13)10-21/h4-7,11,13,15,20H,2-3,8-10H2,1H3. The van der Waals surface area contributed by atoms with Crippen LogP contribution in [0.2, 0.25) is 0 Å². The van der Waals surface area contributed by atoms with Crippen molar-refractivity contribution in [2.75, 3.05) is 19.6 Å². The van der Waals surface area contributed by atoms with Gasteiger partial charge in [-0.1, -0.05) is 12.1 Å². The van der Waals surface area contributed by atoms with Crippen molar-refractivity contribution in [2.45, 2.75) is 38.0 Å². The van der Waals surface area contributed by atoms with E-state index in [1.807, 2.05) is 0 Å². The van der Waals surface area contributed by atoms with E-state index in [1.54, 1.807) is 12.1 Å². The Morgan fingerprint density at radius 1 is 1.19 bits per heavy atom. The van der Waals surface area contributed by atoms with Gasteiger partial charge in [-0.25, -0.2) is 0 Å². The second-order valence-corrected chi connectivity index (χ2v) is 6.21. The van der Waals surface area contributed by atoms with E-state index < -0.39 is 11.7 Å². The summed E-state index contributed by atoms with van der Waals surface area (Å²) in [6.07, 6.45) is -1.77. The van der Waals surface area contributed by atoms with Crippen LogP contribution < -0.4 is 5.32 Å². The molecule has 21 heavy (non-hydrogen) atoms. The van der Waals surface area contributed by atoms with Crippen molar-refractivity contribution in [3.63, 3.8) is 0 Å². The number of piperidine rings is 1. The zero-order chi connectivity index (χ0) is 15.0. The van der Waals surface area contributed by atoms with Crippen LogP contribution in [-0.2, 0) is 6.18 Å². The summed E-state index contributed by atoms with van der Waals surface area (Å²) >= 11 is 0. The van der Waals surface area contributed by atoms with Crippen LogP contribution in [0.5, 0.6) is 0 Å². The van der Waals surface area contributed by atoms with Crippen molar-refractivity contribution in [3.05, 3.63) is 35.4 Å². The molecular formula is C16H21F3N2. The normalized spacial score (nSPS) is 28.4. The number of likely N-dealkylation sites (tertiary alicyclic amines) is 1. The number of hydrogen-bond donors (Lipinski definition) is 1. The fourth-order valence-electron chi connectivity index (χ4n) is 3.56. The monoisotopic (exact) mass is 298 g/mol. The lowest BCUT2D eigenvalue weighted by Crippen LogP contribution is -2.40. The number of alkyl halides is 3. The quantitative estimate of drug-likeness (QED) is 0.899. The van der Waals surface area contributed by atoms with Gasteiger partial charge in [0, 0.05) is 25.2 Å². The van der Waals surface area contributed by atoms with Crippen LogP contribution in [-0.4, -0.2) is 30.6 Å². The smallest absolute Gasteiger partial charge is 0.312 e. The molecule has 2 saturated heterocycles. The molecule has 0 amide bonds. The molecule has 2 aliphatic heterocycles. The zero-order valence-corrected chi connectivity index (χ0v) is 12.2. The fraction of sp³-hybridized carbons (Fsp3) is 0.625. The van der Waals surface area contributed by atoms with Gasteiger partial charge in [-0.15, -0.1) is 0 Å². The molecule has 3 atom stereocenters. The first-order chi connectivity index (χ1) is 9.95. The molecule has 2 heterocycles. The Morgan fingerprint density at radius 2 is 1.90 bits per heavy atom. The molecule has 0 bridgehead atoms. The largest absolute Gasteiger partial charge is 0.416 e. The summed E-state index contributed by atoms with van der Waals surface area (Å²) in [6, 6.07) is 6.32. The van der Waals surface area contributed by atoms with Crippen molar-refractivity contribution in [1.29, 1.82) is 0 Å². The van der Waals surface area contributed by atoms with Crippen LogP contribution in [0.4, 0.5) is 13.2 Å². The van der Waals surface area contributed by atoms with Gasteiger partial charge in [0.05, 0.1) is 5.56 Å². The molecule has 0 aromatic heterocycles. The van der Waals surface area contributed by atoms with E-state index >= 15 is 0 Å². The minimum Gasteiger partial charge on any atom is -0.312 e. The van der Waals surface area contributed by atoms with Gasteiger partial charge in [-0.2, -0.15) is 13.2 Å². The number of rotatable bonds is 2. The van der Waals surface area contributed by atoms with Crippen LogP contribution in [0.3, 0.4) is 0 Å². The average Bonchev–Trinajstić information content (AvgIpc) is 2.89. The average molecular weight is 298 g/mol. The van der Waals surface area contributed by atoms with Crippen LogP contribution >= 0.6 is 0 Å². The predicted molar refractivity (Wildman–Crippen MR) is 75.9 cm³/mol. The van der Waals surface area contributed by atoms with Gasteiger partial charge >= 0.3 is 6.18 Å². The van der Waals surface area contributed by atoms with Crippen molar-refractivity contribution >= 4 is 0 Å². The van der Waals surface area contributed by atoms with Gasteiger partial charge in [0.1, 0.15) is 0 Å². The molecule has 3 unspecified atom stereocenters. The summed E-state index contributed by atoms with van der Waals surface area (Å²) in [7, 11) is 0. The maximum absolute atomic E-state index is 12.6. The lowest BCUT2D eigenvalue weighted by atomic mass is 9.94. The third-order valence-corrected chi connectivity index (χ3v) is 4.90. The molecule has 1 aromatic carbocycles. The summed E-state index contributed by atoms with van der Waals surface area (Å²) in [5, 5.41) is 3.56. The number of hydrogen-bond acceptors (Lipinski definition) is 2. The van der Waals surface area contributed by atoms with Gasteiger partial charge in [-0.05, 0) is 49.9 Å². The van der Waals surface area contributed by atoms with E-state index in [-0.39, 0.29) is 6.04 Å². The van der Waals surface area contributed by atoms with Gasteiger partial charge < -0.3 is 5.32 Å². The van der Waals surface area contributed by atoms with Crippen LogP contribution in [0.1, 0.15) is 36.9 Å². The van der Waals surface area contributed by atoms with E-state index in [0.717, 1.165) is 25.2 Å². The topological polar surface area (TPSA) is 15.3 Å². The molecule has 1 aromatic rings. The summed E-state index contributed by atoms with van der Waals surface area (Å²) in [5.74, 6) is 0.690. The Morgan fingerprint density at radius 3 is 2.52 bits per heavy atom. The lowest BCUT2D eigenvalue weighted by molar-refractivity contribution is -0.137. The van der Waals surface area contributed by atoms with Gasteiger partial charge in [0.25, 0.3) is 0 Å². The molecular weight excluding hydrogens is 277 g/mol. The maximum Gasteiger partial charge on any atom is 0.416 e. The first-order valence-corrected chi connectivity index (χ1v) is 7.60. The highest BCUT2D eigenvalue weighted by Gasteiger charge is 2.36. The van der Waals surface area contributed by atoms with E-state index in [1.165, 1.54) is 25.0 Å². The van der Waals surface area contributed by atoms with Gasteiger partial charge in [0.2, 0.25) is 0 Å². The highest BCUT2D eigenvalue weighted by atomic mass is 19.4. The summed E-state index contributed by atoms with van der Waals surface area (Å²) in [5.41, 5.74) is 0.386. The summed E-state index contributed by atoms with van der Waals surface area (Å²) in [6.45, 7) is 5.20. The number of nitrogens with one attached hydrogen (secondary N) is 1. The highest BCUT2D eigenvalue weighted by molar-refractivity contribution is 5.26. The van der Waals surface area contributed by atoms with Crippen LogP contribution in [0.15, 0.2) is 24.3 Å². The third-order valence-electron chi connectivity index (χ3n) is 4.90. The van der Waals surface area contributed by atoms with E-state index in [4.69, 9.17) is 0 Å². The van der Waals surface area contributed by atoms with Crippen molar-refractivity contribution < 1.29 is 13.2 Å². The Kier molecular flexibility index (Phi) is 3.97. The van der Waals surface area contributed by atoms with E-state index in [0.29, 0.717) is 12.0 Å². The Labute approximate surface area is 123 Å². The Bertz CT molecular complexity index is 469. The summed E-state index contributed by atoms with van der Waals surface area (Å²) in [4.78, 5) is 2.39. The molecule has 5 heteroatoms. The molecule has 0 radical (unpaired) electrons. The molecule has 2 aliphatic rings. The van der Waals surface area contributed by atoms with E-state index in [9.17, 15) is 13.2 Å². The maximum atomic E-state index is 12.6. The van der Waals surface area contributed by atoms with Crippen molar-refractivity contribution in [3.8, 4) is 0 Å². The molecule has 2 nitrogen and oxygen atoms in total. The zero-order valence-electron chi connectivity index (χ0n) is 12.2. The first-order valence-electron chi connectivity index (χ1n) is 7.60. The van der Waals surface area contributed by atoms with Gasteiger partial charge in [-0.3, -0.25) is 4.90 Å². The molecule has 0 saturated carbocycles. The molecule has 0 spiro atoms. The molecule has 1 N–H and O–H groups in total. The lowest BCUT2D eigenvalue weighted by Gasteiger charge is -2.25. The second-order valence-electron chi connectivity index (χ2n) is 6.21. The Balaban J connectivity index is 1.69. The highest BCUT2D eigenvalue weighted by Crippen LogP contribution is 2.33. The molecule has 0 aliphatic carbocycles. The SMILES string of the molecule is CC(c1ccc(C(F)(F)F)cc1)N1CC2CCCNC2C1. The Hall–Kier alpha value is -1.07. The second kappa shape index (κ2) is 5.61. The molecule has 2 fully saturated rings. The number of fused-ring (bicyclic) bond motifs is 1. The number of halogens is 3. The molecule has 3 rings (SSSR count). The summed E-state index contributed by atoms with van der Waals surface area (Å²) < 4.78 is 37.8. The van der Waals surface area contributed by atoms with E-state index in [2.05, 4.69) is 17.1 Å². The van der Waals surface area contributed by atoms with Gasteiger partial charge in [0.15, 0.2) is 0 Å². The predicted octanol–water partition coefficient (Wildman–Crippen LogP) is 3.45. The van der Waals surface area contributed by atoms with Crippen LogP contribution in [0, 0.1) is 5.92 Å². The molecule has 116 valence electrons. The van der Waals surface area contributed by atoms with Crippen molar-refractivity contribution in [1.82, 2.24) is 10.2 Å². The third kappa shape index (κ3) is 3.09.